The molecule has 0 aliphatic rings. The number of nitrogens with zero attached hydrogens (tertiary/aromatic N) is 2. The minimum absolute atomic E-state index is 0.282. The minimum atomic E-state index is -0.406. The van der Waals surface area contributed by atoms with Gasteiger partial charge in [0.25, 0.3) is 5.22 Å². The van der Waals surface area contributed by atoms with E-state index >= 15 is 0 Å². The highest BCUT2D eigenvalue weighted by Gasteiger charge is 2.20. The largest absolute Gasteiger partial charge is 0.465 e. The van der Waals surface area contributed by atoms with E-state index in [2.05, 4.69) is 10.2 Å². The van der Waals surface area contributed by atoms with Crippen LogP contribution >= 0.6 is 23.4 Å². The molecule has 0 radical (unpaired) electrons. The van der Waals surface area contributed by atoms with Crippen LogP contribution in [0.2, 0.25) is 5.02 Å². The van der Waals surface area contributed by atoms with E-state index in [0.717, 1.165) is 12.8 Å². The molecule has 0 amide bonds. The number of aromatic nitrogens is 2. The molecule has 0 spiro atoms. The van der Waals surface area contributed by atoms with Gasteiger partial charge in [-0.2, -0.15) is 0 Å². The van der Waals surface area contributed by atoms with Crippen molar-refractivity contribution in [1.82, 2.24) is 10.2 Å². The number of thioether (sulfide) groups is 1. The summed E-state index contributed by atoms with van der Waals surface area (Å²) in [5.74, 6) is 0.0515. The molecule has 2 rings (SSSR count). The Morgan fingerprint density at radius 3 is 2.91 bits per heavy atom. The number of esters is 1. The van der Waals surface area contributed by atoms with Crippen molar-refractivity contribution in [3.8, 4) is 11.5 Å². The number of hydrogen-bond acceptors (Lipinski definition) is 6. The third-order valence-electron chi connectivity index (χ3n) is 2.86. The van der Waals surface area contributed by atoms with Crippen molar-refractivity contribution < 1.29 is 13.9 Å². The predicted octanol–water partition coefficient (Wildman–Crippen LogP) is 4.21. The van der Waals surface area contributed by atoms with Crippen LogP contribution in [0.15, 0.2) is 33.9 Å². The SMILES string of the molecule is CCCCOC(=O)C(C)Sc1nnc(-c2ccccc2Cl)o1. The fraction of sp³-hybridized carbons (Fsp3) is 0.400. The second kappa shape index (κ2) is 8.19. The molecule has 1 aromatic heterocycles. The van der Waals surface area contributed by atoms with Gasteiger partial charge in [-0.15, -0.1) is 10.2 Å². The molecular weight excluding hydrogens is 324 g/mol. The smallest absolute Gasteiger partial charge is 0.319 e. The van der Waals surface area contributed by atoms with Crippen LogP contribution in [-0.2, 0) is 9.53 Å². The first-order valence-corrected chi connectivity index (χ1v) is 8.29. The van der Waals surface area contributed by atoms with Crippen LogP contribution < -0.4 is 0 Å². The standard InChI is InChI=1S/C15H17ClN2O3S/c1-3-4-9-20-14(19)10(2)22-15-18-17-13(21-15)11-7-5-6-8-12(11)16/h5-8,10H,3-4,9H2,1-2H3. The minimum Gasteiger partial charge on any atom is -0.465 e. The Hall–Kier alpha value is -1.53. The van der Waals surface area contributed by atoms with Crippen molar-refractivity contribution in [2.75, 3.05) is 6.61 Å². The Morgan fingerprint density at radius 1 is 1.41 bits per heavy atom. The van der Waals surface area contributed by atoms with Gasteiger partial charge in [-0.1, -0.05) is 48.8 Å². The summed E-state index contributed by atoms with van der Waals surface area (Å²) in [5.41, 5.74) is 0.668. The molecule has 22 heavy (non-hydrogen) atoms. The number of hydrogen-bond donors (Lipinski definition) is 0. The van der Waals surface area contributed by atoms with Gasteiger partial charge in [0.05, 0.1) is 17.2 Å². The Bertz CT molecular complexity index is 633. The summed E-state index contributed by atoms with van der Waals surface area (Å²) in [6.45, 7) is 4.23. The van der Waals surface area contributed by atoms with E-state index in [1.54, 1.807) is 19.1 Å². The Morgan fingerprint density at radius 2 is 2.18 bits per heavy atom. The topological polar surface area (TPSA) is 65.2 Å². The first-order chi connectivity index (χ1) is 10.6. The van der Waals surface area contributed by atoms with Crippen LogP contribution in [0.3, 0.4) is 0 Å². The summed E-state index contributed by atoms with van der Waals surface area (Å²) in [6.07, 6.45) is 1.85. The lowest BCUT2D eigenvalue weighted by Crippen LogP contribution is -2.17. The Kier molecular flexibility index (Phi) is 6.27. The second-order valence-corrected chi connectivity index (χ2v) is 6.33. The molecule has 5 nitrogen and oxygen atoms in total. The lowest BCUT2D eigenvalue weighted by Gasteiger charge is -2.08. The van der Waals surface area contributed by atoms with Crippen molar-refractivity contribution in [3.05, 3.63) is 29.3 Å². The number of carbonyl (C=O) groups excluding carboxylic acids is 1. The van der Waals surface area contributed by atoms with Crippen molar-refractivity contribution in [3.63, 3.8) is 0 Å². The molecule has 7 heteroatoms. The monoisotopic (exact) mass is 340 g/mol. The number of carbonyl (C=O) groups is 1. The van der Waals surface area contributed by atoms with E-state index in [-0.39, 0.29) is 5.97 Å². The number of unbranched alkanes of at least 4 members (excludes halogenated alkanes) is 1. The molecule has 1 atom stereocenters. The Balaban J connectivity index is 1.97. The zero-order valence-corrected chi connectivity index (χ0v) is 14.0. The first-order valence-electron chi connectivity index (χ1n) is 7.03. The molecule has 0 N–H and O–H groups in total. The highest BCUT2D eigenvalue weighted by atomic mass is 35.5. The van der Waals surface area contributed by atoms with Gasteiger partial charge in [0.15, 0.2) is 0 Å². The summed E-state index contributed by atoms with van der Waals surface area (Å²) in [5, 5.41) is 8.34. The summed E-state index contributed by atoms with van der Waals surface area (Å²) in [6, 6.07) is 7.21. The quantitative estimate of drug-likeness (QED) is 0.427. The molecule has 0 bridgehead atoms. The third-order valence-corrected chi connectivity index (χ3v) is 4.10. The van der Waals surface area contributed by atoms with Crippen molar-refractivity contribution in [2.45, 2.75) is 37.2 Å². The van der Waals surface area contributed by atoms with Gasteiger partial charge in [-0.3, -0.25) is 4.79 Å². The van der Waals surface area contributed by atoms with Crippen LogP contribution in [0.1, 0.15) is 26.7 Å². The maximum Gasteiger partial charge on any atom is 0.319 e. The van der Waals surface area contributed by atoms with E-state index in [9.17, 15) is 4.79 Å². The van der Waals surface area contributed by atoms with Crippen molar-refractivity contribution >= 4 is 29.3 Å². The van der Waals surface area contributed by atoms with E-state index in [4.69, 9.17) is 20.8 Å². The van der Waals surface area contributed by atoms with Crippen LogP contribution in [0, 0.1) is 0 Å². The molecule has 1 heterocycles. The van der Waals surface area contributed by atoms with Crippen LogP contribution in [0.4, 0.5) is 0 Å². The molecule has 0 fully saturated rings. The molecule has 1 aromatic carbocycles. The van der Waals surface area contributed by atoms with Gasteiger partial charge in [-0.05, 0) is 25.5 Å². The normalized spacial score (nSPS) is 12.1. The van der Waals surface area contributed by atoms with E-state index < -0.39 is 5.25 Å². The molecule has 118 valence electrons. The van der Waals surface area contributed by atoms with Gasteiger partial charge in [0, 0.05) is 0 Å². The Labute approximate surface area is 138 Å². The summed E-state index contributed by atoms with van der Waals surface area (Å²) in [7, 11) is 0. The predicted molar refractivity (Wildman–Crippen MR) is 85.9 cm³/mol. The van der Waals surface area contributed by atoms with Crippen molar-refractivity contribution in [2.24, 2.45) is 0 Å². The zero-order chi connectivity index (χ0) is 15.9. The van der Waals surface area contributed by atoms with Crippen LogP contribution in [0.5, 0.6) is 0 Å². The van der Waals surface area contributed by atoms with Gasteiger partial charge in [-0.25, -0.2) is 0 Å². The molecule has 2 aromatic rings. The van der Waals surface area contributed by atoms with Crippen LogP contribution in [-0.4, -0.2) is 28.0 Å². The van der Waals surface area contributed by atoms with Crippen molar-refractivity contribution in [1.29, 1.82) is 0 Å². The number of ether oxygens (including phenoxy) is 1. The average molecular weight is 341 g/mol. The van der Waals surface area contributed by atoms with Gasteiger partial charge in [0.1, 0.15) is 5.25 Å². The van der Waals surface area contributed by atoms with E-state index in [1.807, 2.05) is 19.1 Å². The molecule has 0 aliphatic carbocycles. The third kappa shape index (κ3) is 4.48. The van der Waals surface area contributed by atoms with E-state index in [0.29, 0.717) is 28.3 Å². The second-order valence-electron chi connectivity index (χ2n) is 4.63. The summed E-state index contributed by atoms with van der Waals surface area (Å²) < 4.78 is 10.7. The summed E-state index contributed by atoms with van der Waals surface area (Å²) in [4.78, 5) is 11.8. The number of rotatable bonds is 7. The van der Waals surface area contributed by atoms with Gasteiger partial charge >= 0.3 is 5.97 Å². The fourth-order valence-electron chi connectivity index (χ4n) is 1.63. The highest BCUT2D eigenvalue weighted by molar-refractivity contribution is 8.00. The molecule has 0 aliphatic heterocycles. The van der Waals surface area contributed by atoms with Gasteiger partial charge < -0.3 is 9.15 Å². The number of halogens is 1. The van der Waals surface area contributed by atoms with Gasteiger partial charge in [0.2, 0.25) is 5.89 Å². The number of benzene rings is 1. The first kappa shape index (κ1) is 16.8. The molecular formula is C15H17ClN2O3S. The average Bonchev–Trinajstić information content (AvgIpc) is 2.96. The maximum atomic E-state index is 11.8. The lowest BCUT2D eigenvalue weighted by molar-refractivity contribution is -0.142. The summed E-state index contributed by atoms with van der Waals surface area (Å²) >= 11 is 7.26. The van der Waals surface area contributed by atoms with Crippen LogP contribution in [0.25, 0.3) is 11.5 Å². The zero-order valence-electron chi connectivity index (χ0n) is 12.4. The highest BCUT2D eigenvalue weighted by Crippen LogP contribution is 2.30. The fourth-order valence-corrected chi connectivity index (χ4v) is 2.53. The molecule has 1 unspecified atom stereocenters. The molecule has 0 saturated heterocycles. The molecule has 0 saturated carbocycles. The lowest BCUT2D eigenvalue weighted by atomic mass is 10.2. The van der Waals surface area contributed by atoms with E-state index in [1.165, 1.54) is 11.8 Å². The maximum absolute atomic E-state index is 11.8.